The van der Waals surface area contributed by atoms with E-state index in [0.717, 1.165) is 23.7 Å². The Morgan fingerprint density at radius 2 is 2.24 bits per heavy atom. The van der Waals surface area contributed by atoms with Crippen molar-refractivity contribution in [2.24, 2.45) is 7.05 Å². The third kappa shape index (κ3) is 2.72. The Kier molecular flexibility index (Phi) is 3.22. The molecule has 0 spiro atoms. The molecule has 0 fully saturated rings. The third-order valence-corrected chi connectivity index (χ3v) is 2.27. The van der Waals surface area contributed by atoms with E-state index >= 15 is 0 Å². The van der Waals surface area contributed by atoms with Crippen LogP contribution in [0.1, 0.15) is 12.5 Å². The highest BCUT2D eigenvalue weighted by Gasteiger charge is 2.05. The first-order valence-corrected chi connectivity index (χ1v) is 5.53. The lowest BCUT2D eigenvalue weighted by Crippen LogP contribution is -2.05. The molecule has 0 aliphatic rings. The van der Waals surface area contributed by atoms with Crippen molar-refractivity contribution in [3.05, 3.63) is 24.0 Å². The van der Waals surface area contributed by atoms with Gasteiger partial charge in [0, 0.05) is 37.6 Å². The molecule has 6 heteroatoms. The van der Waals surface area contributed by atoms with Crippen LogP contribution >= 0.6 is 0 Å². The summed E-state index contributed by atoms with van der Waals surface area (Å²) in [7, 11) is 1.88. The van der Waals surface area contributed by atoms with Gasteiger partial charge in [-0.25, -0.2) is 4.98 Å². The van der Waals surface area contributed by atoms with Crippen molar-refractivity contribution in [2.75, 3.05) is 17.2 Å². The summed E-state index contributed by atoms with van der Waals surface area (Å²) in [4.78, 5) is 8.57. The second-order valence-corrected chi connectivity index (χ2v) is 3.76. The van der Waals surface area contributed by atoms with E-state index in [2.05, 4.69) is 25.7 Å². The Hall–Kier alpha value is -2.11. The van der Waals surface area contributed by atoms with Gasteiger partial charge in [0.15, 0.2) is 5.82 Å². The molecule has 0 amide bonds. The lowest BCUT2D eigenvalue weighted by atomic mass is 10.3. The molecule has 90 valence electrons. The summed E-state index contributed by atoms with van der Waals surface area (Å²) in [6, 6.07) is 1.90. The predicted octanol–water partition coefficient (Wildman–Crippen LogP) is 1.69. The Balaban J connectivity index is 2.22. The first-order valence-electron chi connectivity index (χ1n) is 5.53. The van der Waals surface area contributed by atoms with Gasteiger partial charge in [0.2, 0.25) is 5.95 Å². The molecule has 0 saturated heterocycles. The van der Waals surface area contributed by atoms with E-state index in [1.54, 1.807) is 10.9 Å². The van der Waals surface area contributed by atoms with Crippen molar-refractivity contribution in [1.82, 2.24) is 19.7 Å². The van der Waals surface area contributed by atoms with Crippen LogP contribution in [-0.2, 0) is 7.05 Å². The van der Waals surface area contributed by atoms with E-state index in [1.807, 2.05) is 33.2 Å². The quantitative estimate of drug-likeness (QED) is 0.839. The summed E-state index contributed by atoms with van der Waals surface area (Å²) in [5.41, 5.74) is 0.984. The van der Waals surface area contributed by atoms with Gasteiger partial charge in [-0.3, -0.25) is 4.68 Å². The molecular formula is C11H16N6. The summed E-state index contributed by atoms with van der Waals surface area (Å²) < 4.78 is 1.74. The van der Waals surface area contributed by atoms with Crippen molar-refractivity contribution < 1.29 is 0 Å². The van der Waals surface area contributed by atoms with Gasteiger partial charge in [-0.2, -0.15) is 10.1 Å². The molecule has 0 aromatic carbocycles. The van der Waals surface area contributed by atoms with Gasteiger partial charge in [0.25, 0.3) is 0 Å². The van der Waals surface area contributed by atoms with Crippen molar-refractivity contribution in [2.45, 2.75) is 13.8 Å². The molecule has 2 N–H and O–H groups in total. The average Bonchev–Trinajstić information content (AvgIpc) is 2.69. The number of anilines is 3. The van der Waals surface area contributed by atoms with E-state index in [9.17, 15) is 0 Å². The highest BCUT2D eigenvalue weighted by Crippen LogP contribution is 2.17. The van der Waals surface area contributed by atoms with E-state index < -0.39 is 0 Å². The molecule has 0 radical (unpaired) electrons. The molecule has 2 aromatic heterocycles. The second kappa shape index (κ2) is 4.82. The minimum Gasteiger partial charge on any atom is -0.354 e. The van der Waals surface area contributed by atoms with Crippen LogP contribution in [0.5, 0.6) is 0 Å². The van der Waals surface area contributed by atoms with Crippen molar-refractivity contribution >= 4 is 17.6 Å². The SMILES string of the molecule is CCNc1ncc(C)c(Nc2ccn(C)n2)n1. The van der Waals surface area contributed by atoms with Gasteiger partial charge in [-0.1, -0.05) is 0 Å². The maximum atomic E-state index is 4.38. The molecule has 0 aliphatic carbocycles. The predicted molar refractivity (Wildman–Crippen MR) is 67.4 cm³/mol. The molecule has 2 heterocycles. The lowest BCUT2D eigenvalue weighted by molar-refractivity contribution is 0.771. The van der Waals surface area contributed by atoms with E-state index in [1.165, 1.54) is 0 Å². The smallest absolute Gasteiger partial charge is 0.224 e. The van der Waals surface area contributed by atoms with Crippen molar-refractivity contribution in [3.63, 3.8) is 0 Å². The number of nitrogens with one attached hydrogen (secondary N) is 2. The highest BCUT2D eigenvalue weighted by atomic mass is 15.3. The minimum atomic E-state index is 0.622. The van der Waals surface area contributed by atoms with Crippen LogP contribution in [-0.4, -0.2) is 26.3 Å². The molecule has 0 saturated carbocycles. The number of aryl methyl sites for hydroxylation is 2. The van der Waals surface area contributed by atoms with E-state index in [-0.39, 0.29) is 0 Å². The Bertz CT molecular complexity index is 504. The van der Waals surface area contributed by atoms with Gasteiger partial charge in [-0.05, 0) is 13.8 Å². The molecule has 6 nitrogen and oxygen atoms in total. The third-order valence-electron chi connectivity index (χ3n) is 2.27. The van der Waals surface area contributed by atoms with E-state index in [0.29, 0.717) is 5.95 Å². The normalized spacial score (nSPS) is 10.3. The monoisotopic (exact) mass is 232 g/mol. The van der Waals surface area contributed by atoms with Crippen LogP contribution in [0, 0.1) is 6.92 Å². The minimum absolute atomic E-state index is 0.622. The van der Waals surface area contributed by atoms with Gasteiger partial charge >= 0.3 is 0 Å². The van der Waals surface area contributed by atoms with Crippen molar-refractivity contribution in [3.8, 4) is 0 Å². The second-order valence-electron chi connectivity index (χ2n) is 3.76. The summed E-state index contributed by atoms with van der Waals surface area (Å²) in [6.45, 7) is 4.77. The molecule has 2 aromatic rings. The summed E-state index contributed by atoms with van der Waals surface area (Å²) in [6.07, 6.45) is 3.67. The van der Waals surface area contributed by atoms with Crippen LogP contribution in [0.2, 0.25) is 0 Å². The number of aromatic nitrogens is 4. The van der Waals surface area contributed by atoms with Gasteiger partial charge in [-0.15, -0.1) is 0 Å². The highest BCUT2D eigenvalue weighted by molar-refractivity contribution is 5.56. The lowest BCUT2D eigenvalue weighted by Gasteiger charge is -2.08. The topological polar surface area (TPSA) is 67.7 Å². The van der Waals surface area contributed by atoms with Crippen LogP contribution in [0.4, 0.5) is 17.6 Å². The maximum Gasteiger partial charge on any atom is 0.224 e. The summed E-state index contributed by atoms with van der Waals surface area (Å²) in [5.74, 6) is 2.17. The number of nitrogens with zero attached hydrogens (tertiary/aromatic N) is 4. The fraction of sp³-hybridized carbons (Fsp3) is 0.364. The molecule has 0 unspecified atom stereocenters. The summed E-state index contributed by atoms with van der Waals surface area (Å²) in [5, 5.41) is 10.5. The fourth-order valence-electron chi connectivity index (χ4n) is 1.41. The standard InChI is InChI=1S/C11H16N6/c1-4-12-11-13-7-8(2)10(15-11)14-9-5-6-17(3)16-9/h5-7H,4H2,1-3H3,(H2,12,13,14,15,16). The first-order chi connectivity index (χ1) is 8.19. The Labute approximate surface area is 100 Å². The molecule has 2 rings (SSSR count). The molecule has 0 aliphatic heterocycles. The first kappa shape index (κ1) is 11.4. The van der Waals surface area contributed by atoms with Crippen LogP contribution in [0.3, 0.4) is 0 Å². The maximum absolute atomic E-state index is 4.38. The van der Waals surface area contributed by atoms with Gasteiger partial charge in [0.05, 0.1) is 0 Å². The zero-order chi connectivity index (χ0) is 12.3. The number of hydrogen-bond acceptors (Lipinski definition) is 5. The molecular weight excluding hydrogens is 216 g/mol. The summed E-state index contributed by atoms with van der Waals surface area (Å²) >= 11 is 0. The number of rotatable bonds is 4. The largest absolute Gasteiger partial charge is 0.354 e. The van der Waals surface area contributed by atoms with Crippen LogP contribution in [0.15, 0.2) is 18.5 Å². The zero-order valence-corrected chi connectivity index (χ0v) is 10.2. The molecule has 0 bridgehead atoms. The zero-order valence-electron chi connectivity index (χ0n) is 10.2. The van der Waals surface area contributed by atoms with Crippen molar-refractivity contribution in [1.29, 1.82) is 0 Å². The fourth-order valence-corrected chi connectivity index (χ4v) is 1.41. The van der Waals surface area contributed by atoms with Crippen LogP contribution < -0.4 is 10.6 Å². The van der Waals surface area contributed by atoms with E-state index in [4.69, 9.17) is 0 Å². The molecule has 0 atom stereocenters. The average molecular weight is 232 g/mol. The van der Waals surface area contributed by atoms with Gasteiger partial charge in [0.1, 0.15) is 5.82 Å². The van der Waals surface area contributed by atoms with Gasteiger partial charge < -0.3 is 10.6 Å². The molecule has 17 heavy (non-hydrogen) atoms. The Morgan fingerprint density at radius 3 is 2.88 bits per heavy atom. The van der Waals surface area contributed by atoms with Crippen LogP contribution in [0.25, 0.3) is 0 Å². The number of hydrogen-bond donors (Lipinski definition) is 2. The Morgan fingerprint density at radius 1 is 1.41 bits per heavy atom.